The van der Waals surface area contributed by atoms with Crippen LogP contribution in [-0.4, -0.2) is 31.1 Å². The number of allylic oxidation sites excluding steroid dienone is 3. The van der Waals surface area contributed by atoms with Crippen LogP contribution in [0.3, 0.4) is 0 Å². The van der Waals surface area contributed by atoms with Crippen molar-refractivity contribution >= 4 is 0 Å². The van der Waals surface area contributed by atoms with E-state index < -0.39 is 0 Å². The molecular weight excluding hydrogens is 188 g/mol. The highest BCUT2D eigenvalue weighted by atomic mass is 16.5. The lowest BCUT2D eigenvalue weighted by atomic mass is 10.1. The first-order valence-corrected chi connectivity index (χ1v) is 5.75. The third-order valence-corrected chi connectivity index (χ3v) is 3.08. The van der Waals surface area contributed by atoms with Crippen LogP contribution in [-0.2, 0) is 4.74 Å². The summed E-state index contributed by atoms with van der Waals surface area (Å²) < 4.78 is 5.96. The van der Waals surface area contributed by atoms with Crippen LogP contribution < -0.4 is 5.73 Å². The Morgan fingerprint density at radius 1 is 1.40 bits per heavy atom. The first-order chi connectivity index (χ1) is 7.24. The second-order valence-electron chi connectivity index (χ2n) is 4.47. The van der Waals surface area contributed by atoms with Gasteiger partial charge < -0.3 is 15.4 Å². The van der Waals surface area contributed by atoms with Gasteiger partial charge in [-0.15, -0.1) is 0 Å². The lowest BCUT2D eigenvalue weighted by Gasteiger charge is -2.30. The number of hydrogen-bond donors (Lipinski definition) is 1. The average Bonchev–Trinajstić information content (AvgIpc) is 2.22. The van der Waals surface area contributed by atoms with E-state index in [2.05, 4.69) is 18.0 Å². The molecule has 0 atom stereocenters. The van der Waals surface area contributed by atoms with Crippen molar-refractivity contribution in [1.29, 1.82) is 0 Å². The maximum atomic E-state index is 5.96. The zero-order chi connectivity index (χ0) is 10.7. The Labute approximate surface area is 91.6 Å². The number of rotatable bonds is 2. The lowest BCUT2D eigenvalue weighted by Crippen LogP contribution is -2.34. The van der Waals surface area contributed by atoms with Gasteiger partial charge in [0.1, 0.15) is 6.10 Å². The highest BCUT2D eigenvalue weighted by Crippen LogP contribution is 2.21. The Hall–Kier alpha value is -0.960. The molecule has 1 aliphatic heterocycles. The Bertz CT molecular complexity index is 275. The third kappa shape index (κ3) is 2.99. The Morgan fingerprint density at radius 3 is 2.80 bits per heavy atom. The van der Waals surface area contributed by atoms with Gasteiger partial charge in [-0.25, -0.2) is 0 Å². The van der Waals surface area contributed by atoms with E-state index in [1.165, 1.54) is 0 Å². The van der Waals surface area contributed by atoms with Crippen molar-refractivity contribution in [1.82, 2.24) is 4.90 Å². The minimum atomic E-state index is 0.401. The molecule has 2 aliphatic rings. The second kappa shape index (κ2) is 4.71. The van der Waals surface area contributed by atoms with Gasteiger partial charge in [-0.3, -0.25) is 0 Å². The first kappa shape index (κ1) is 10.6. The molecule has 1 aliphatic carbocycles. The van der Waals surface area contributed by atoms with Crippen molar-refractivity contribution in [3.8, 4) is 0 Å². The highest BCUT2D eigenvalue weighted by Gasteiger charge is 2.19. The van der Waals surface area contributed by atoms with E-state index in [0.29, 0.717) is 6.10 Å². The van der Waals surface area contributed by atoms with E-state index in [9.17, 15) is 0 Å². The van der Waals surface area contributed by atoms with Crippen LogP contribution in [0.5, 0.6) is 0 Å². The molecular formula is C12H20N2O. The fraction of sp³-hybridized carbons (Fsp3) is 0.667. The number of nitrogens with zero attached hydrogens (tertiary/aromatic N) is 1. The molecule has 1 heterocycles. The molecule has 0 spiro atoms. The predicted molar refractivity (Wildman–Crippen MR) is 61.2 cm³/mol. The molecule has 0 bridgehead atoms. The predicted octanol–water partition coefficient (Wildman–Crippen LogP) is 1.62. The van der Waals surface area contributed by atoms with E-state index in [1.807, 2.05) is 6.08 Å². The topological polar surface area (TPSA) is 38.5 Å². The molecule has 0 saturated carbocycles. The monoisotopic (exact) mass is 208 g/mol. The second-order valence-corrected chi connectivity index (χ2v) is 4.47. The molecule has 2 rings (SSSR count). The fourth-order valence-corrected chi connectivity index (χ4v) is 2.11. The van der Waals surface area contributed by atoms with Crippen LogP contribution in [0.1, 0.15) is 25.7 Å². The summed E-state index contributed by atoms with van der Waals surface area (Å²) in [5.74, 6) is 1.07. The normalized spacial score (nSPS) is 24.6. The van der Waals surface area contributed by atoms with Gasteiger partial charge in [0.2, 0.25) is 0 Å². The van der Waals surface area contributed by atoms with Crippen molar-refractivity contribution < 1.29 is 4.74 Å². The number of likely N-dealkylation sites (tertiary alicyclic amines) is 1. The number of hydrogen-bond acceptors (Lipinski definition) is 3. The summed E-state index contributed by atoms with van der Waals surface area (Å²) in [4.78, 5) is 2.35. The van der Waals surface area contributed by atoms with Crippen LogP contribution in [0.25, 0.3) is 0 Å². The van der Waals surface area contributed by atoms with Crippen molar-refractivity contribution in [3.05, 3.63) is 23.6 Å². The van der Waals surface area contributed by atoms with Crippen molar-refractivity contribution in [3.63, 3.8) is 0 Å². The first-order valence-electron chi connectivity index (χ1n) is 5.75. The van der Waals surface area contributed by atoms with Gasteiger partial charge in [0.25, 0.3) is 0 Å². The largest absolute Gasteiger partial charge is 0.495 e. The van der Waals surface area contributed by atoms with Crippen LogP contribution >= 0.6 is 0 Å². The van der Waals surface area contributed by atoms with E-state index in [4.69, 9.17) is 10.5 Å². The Balaban J connectivity index is 1.84. The van der Waals surface area contributed by atoms with E-state index in [1.54, 1.807) is 0 Å². The molecule has 84 valence electrons. The van der Waals surface area contributed by atoms with Crippen molar-refractivity contribution in [2.24, 2.45) is 5.73 Å². The summed E-state index contributed by atoms with van der Waals surface area (Å²) in [7, 11) is 2.16. The van der Waals surface area contributed by atoms with E-state index in [0.717, 1.165) is 50.2 Å². The SMILES string of the molecule is CN1CCC(OC2=CC(N)=CCC2)CC1. The quantitative estimate of drug-likeness (QED) is 0.749. The van der Waals surface area contributed by atoms with Gasteiger partial charge in [-0.2, -0.15) is 0 Å². The molecule has 2 N–H and O–H groups in total. The van der Waals surface area contributed by atoms with Gasteiger partial charge in [-0.05, 0) is 32.4 Å². The Morgan fingerprint density at radius 2 is 2.13 bits per heavy atom. The van der Waals surface area contributed by atoms with Crippen LogP contribution in [0.4, 0.5) is 0 Å². The Kier molecular flexibility index (Phi) is 3.31. The zero-order valence-electron chi connectivity index (χ0n) is 9.41. The van der Waals surface area contributed by atoms with Gasteiger partial charge in [0.05, 0.1) is 5.76 Å². The van der Waals surface area contributed by atoms with Crippen LogP contribution in [0, 0.1) is 0 Å². The maximum Gasteiger partial charge on any atom is 0.101 e. The summed E-state index contributed by atoms with van der Waals surface area (Å²) in [6, 6.07) is 0. The highest BCUT2D eigenvalue weighted by molar-refractivity contribution is 5.22. The minimum absolute atomic E-state index is 0.401. The number of piperidine rings is 1. The average molecular weight is 208 g/mol. The molecule has 1 fully saturated rings. The minimum Gasteiger partial charge on any atom is -0.495 e. The molecule has 3 nitrogen and oxygen atoms in total. The van der Waals surface area contributed by atoms with Gasteiger partial charge in [-0.1, -0.05) is 6.08 Å². The smallest absolute Gasteiger partial charge is 0.101 e. The molecule has 0 aromatic rings. The molecule has 0 radical (unpaired) electrons. The summed E-state index contributed by atoms with van der Waals surface area (Å²) >= 11 is 0. The van der Waals surface area contributed by atoms with Crippen molar-refractivity contribution in [2.75, 3.05) is 20.1 Å². The standard InChI is InChI=1S/C12H20N2O/c1-14-7-5-11(6-8-14)15-12-4-2-3-10(13)9-12/h3,9,11H,2,4-8,13H2,1H3. The van der Waals surface area contributed by atoms with Crippen molar-refractivity contribution in [2.45, 2.75) is 31.8 Å². The third-order valence-electron chi connectivity index (χ3n) is 3.08. The summed E-state index contributed by atoms with van der Waals surface area (Å²) in [6.45, 7) is 2.28. The van der Waals surface area contributed by atoms with E-state index in [-0.39, 0.29) is 0 Å². The van der Waals surface area contributed by atoms with Crippen LogP contribution in [0.15, 0.2) is 23.6 Å². The molecule has 3 heteroatoms. The summed E-state index contributed by atoms with van der Waals surface area (Å²) in [5.41, 5.74) is 6.60. The molecule has 15 heavy (non-hydrogen) atoms. The molecule has 0 aromatic carbocycles. The molecule has 0 aromatic heterocycles. The number of nitrogens with two attached hydrogens (primary N) is 1. The van der Waals surface area contributed by atoms with Gasteiger partial charge >= 0.3 is 0 Å². The van der Waals surface area contributed by atoms with Crippen LogP contribution in [0.2, 0.25) is 0 Å². The summed E-state index contributed by atoms with van der Waals surface area (Å²) in [6.07, 6.45) is 8.73. The van der Waals surface area contributed by atoms with Gasteiger partial charge in [0, 0.05) is 25.2 Å². The zero-order valence-corrected chi connectivity index (χ0v) is 9.41. The lowest BCUT2D eigenvalue weighted by molar-refractivity contribution is 0.0536. The molecule has 0 unspecified atom stereocenters. The van der Waals surface area contributed by atoms with Gasteiger partial charge in [0.15, 0.2) is 0 Å². The number of ether oxygens (including phenoxy) is 1. The fourth-order valence-electron chi connectivity index (χ4n) is 2.11. The van der Waals surface area contributed by atoms with E-state index >= 15 is 0 Å². The maximum absolute atomic E-state index is 5.96. The molecule has 1 saturated heterocycles. The molecule has 0 amide bonds. The summed E-state index contributed by atoms with van der Waals surface area (Å²) in [5, 5.41) is 0.